The van der Waals surface area contributed by atoms with Gasteiger partial charge in [0.1, 0.15) is 5.03 Å². The Kier molecular flexibility index (Phi) is 3.72. The third-order valence-corrected chi connectivity index (χ3v) is 3.37. The summed E-state index contributed by atoms with van der Waals surface area (Å²) in [6.45, 7) is 3.92. The molecule has 0 saturated heterocycles. The SMILES string of the molecule is Cc1cccc(-n2nc(C)cc2SCC(=O)O)c1. The number of hydrogen-bond acceptors (Lipinski definition) is 3. The smallest absolute Gasteiger partial charge is 0.313 e. The molecule has 0 atom stereocenters. The second-order valence-electron chi connectivity index (χ2n) is 4.06. The van der Waals surface area contributed by atoms with E-state index in [1.54, 1.807) is 4.68 Å². The number of hydrogen-bond donors (Lipinski definition) is 1. The molecular formula is C13H14N2O2S. The van der Waals surface area contributed by atoms with Crippen LogP contribution < -0.4 is 0 Å². The van der Waals surface area contributed by atoms with E-state index in [1.165, 1.54) is 11.8 Å². The largest absolute Gasteiger partial charge is 0.481 e. The van der Waals surface area contributed by atoms with E-state index in [-0.39, 0.29) is 5.75 Å². The highest BCUT2D eigenvalue weighted by molar-refractivity contribution is 7.99. The zero-order valence-electron chi connectivity index (χ0n) is 10.3. The van der Waals surface area contributed by atoms with Gasteiger partial charge in [-0.2, -0.15) is 5.10 Å². The van der Waals surface area contributed by atoms with Gasteiger partial charge >= 0.3 is 5.97 Å². The van der Waals surface area contributed by atoms with Crippen molar-refractivity contribution < 1.29 is 9.90 Å². The highest BCUT2D eigenvalue weighted by atomic mass is 32.2. The number of carbonyl (C=O) groups is 1. The fraction of sp³-hybridized carbons (Fsp3) is 0.231. The molecule has 94 valence electrons. The molecule has 18 heavy (non-hydrogen) atoms. The fourth-order valence-electron chi connectivity index (χ4n) is 1.66. The van der Waals surface area contributed by atoms with Crippen LogP contribution in [0, 0.1) is 13.8 Å². The quantitative estimate of drug-likeness (QED) is 0.861. The second kappa shape index (κ2) is 5.27. The molecule has 1 aromatic heterocycles. The molecule has 0 bridgehead atoms. The van der Waals surface area contributed by atoms with E-state index in [0.717, 1.165) is 22.0 Å². The van der Waals surface area contributed by atoms with E-state index in [9.17, 15) is 4.79 Å². The predicted molar refractivity (Wildman–Crippen MR) is 71.4 cm³/mol. The summed E-state index contributed by atoms with van der Waals surface area (Å²) in [6, 6.07) is 9.87. The van der Waals surface area contributed by atoms with Crippen LogP contribution in [0.5, 0.6) is 0 Å². The Morgan fingerprint density at radius 1 is 1.39 bits per heavy atom. The Hall–Kier alpha value is -1.75. The molecule has 1 heterocycles. The predicted octanol–water partition coefficient (Wildman–Crippen LogP) is 2.67. The zero-order valence-corrected chi connectivity index (χ0v) is 11.1. The van der Waals surface area contributed by atoms with E-state index < -0.39 is 5.97 Å². The molecule has 5 heteroatoms. The van der Waals surface area contributed by atoms with Gasteiger partial charge in [0.15, 0.2) is 0 Å². The van der Waals surface area contributed by atoms with Gasteiger partial charge in [-0.15, -0.1) is 0 Å². The first-order chi connectivity index (χ1) is 8.56. The Balaban J connectivity index is 2.35. The van der Waals surface area contributed by atoms with E-state index in [0.29, 0.717) is 0 Å². The number of carboxylic acid groups (broad SMARTS) is 1. The number of aryl methyl sites for hydroxylation is 2. The van der Waals surface area contributed by atoms with Gasteiger partial charge in [-0.1, -0.05) is 23.9 Å². The summed E-state index contributed by atoms with van der Waals surface area (Å²) < 4.78 is 1.79. The highest BCUT2D eigenvalue weighted by Crippen LogP contribution is 2.23. The Morgan fingerprint density at radius 2 is 2.17 bits per heavy atom. The maximum atomic E-state index is 10.6. The van der Waals surface area contributed by atoms with Crippen LogP contribution in [-0.4, -0.2) is 26.6 Å². The van der Waals surface area contributed by atoms with Crippen LogP contribution in [0.1, 0.15) is 11.3 Å². The first kappa shape index (κ1) is 12.7. The number of rotatable bonds is 4. The zero-order chi connectivity index (χ0) is 13.1. The molecule has 0 fully saturated rings. The van der Waals surface area contributed by atoms with E-state index in [1.807, 2.05) is 44.2 Å². The van der Waals surface area contributed by atoms with Crippen molar-refractivity contribution in [2.75, 3.05) is 5.75 Å². The van der Waals surface area contributed by atoms with Gasteiger partial charge in [0.05, 0.1) is 17.1 Å². The molecular weight excluding hydrogens is 248 g/mol. The summed E-state index contributed by atoms with van der Waals surface area (Å²) in [7, 11) is 0. The van der Waals surface area contributed by atoms with Crippen LogP contribution in [0.15, 0.2) is 35.4 Å². The number of nitrogens with zero attached hydrogens (tertiary/aromatic N) is 2. The lowest BCUT2D eigenvalue weighted by atomic mass is 10.2. The molecule has 0 amide bonds. The maximum Gasteiger partial charge on any atom is 0.313 e. The molecule has 0 unspecified atom stereocenters. The molecule has 1 N–H and O–H groups in total. The van der Waals surface area contributed by atoms with Crippen LogP contribution in [0.2, 0.25) is 0 Å². The molecule has 0 aliphatic rings. The molecule has 0 saturated carbocycles. The van der Waals surface area contributed by atoms with Gasteiger partial charge in [0, 0.05) is 0 Å². The van der Waals surface area contributed by atoms with Crippen molar-refractivity contribution >= 4 is 17.7 Å². The molecule has 2 aromatic rings. The standard InChI is InChI=1S/C13H14N2O2S/c1-9-4-3-5-11(6-9)15-12(7-10(2)14-15)18-8-13(16)17/h3-7H,8H2,1-2H3,(H,16,17). The maximum absolute atomic E-state index is 10.6. The lowest BCUT2D eigenvalue weighted by Gasteiger charge is -2.06. The molecule has 0 aliphatic heterocycles. The molecule has 0 aliphatic carbocycles. The highest BCUT2D eigenvalue weighted by Gasteiger charge is 2.10. The van der Waals surface area contributed by atoms with Gasteiger partial charge in [0.2, 0.25) is 0 Å². The Bertz CT molecular complexity index is 578. The van der Waals surface area contributed by atoms with Crippen LogP contribution in [0.3, 0.4) is 0 Å². The van der Waals surface area contributed by atoms with Crippen LogP contribution in [-0.2, 0) is 4.79 Å². The van der Waals surface area contributed by atoms with Crippen LogP contribution in [0.4, 0.5) is 0 Å². The number of carboxylic acids is 1. The number of aliphatic carboxylic acids is 1. The minimum absolute atomic E-state index is 0.0386. The summed E-state index contributed by atoms with van der Waals surface area (Å²) in [5, 5.41) is 14.0. The molecule has 1 aromatic carbocycles. The van der Waals surface area contributed by atoms with Gasteiger partial charge in [-0.05, 0) is 37.6 Å². The Morgan fingerprint density at radius 3 is 2.83 bits per heavy atom. The number of thioether (sulfide) groups is 1. The van der Waals surface area contributed by atoms with Gasteiger partial charge in [-0.3, -0.25) is 4.79 Å². The number of aromatic nitrogens is 2. The van der Waals surface area contributed by atoms with Crippen molar-refractivity contribution in [3.8, 4) is 5.69 Å². The van der Waals surface area contributed by atoms with Crippen molar-refractivity contribution in [2.24, 2.45) is 0 Å². The normalized spacial score (nSPS) is 10.6. The summed E-state index contributed by atoms with van der Waals surface area (Å²) in [6.07, 6.45) is 0. The first-order valence-electron chi connectivity index (χ1n) is 5.54. The third-order valence-electron chi connectivity index (χ3n) is 2.39. The van der Waals surface area contributed by atoms with Crippen molar-refractivity contribution in [1.82, 2.24) is 9.78 Å². The lowest BCUT2D eigenvalue weighted by Crippen LogP contribution is -2.02. The van der Waals surface area contributed by atoms with Crippen molar-refractivity contribution in [2.45, 2.75) is 18.9 Å². The number of benzene rings is 1. The minimum atomic E-state index is -0.824. The van der Waals surface area contributed by atoms with Crippen molar-refractivity contribution in [3.05, 3.63) is 41.6 Å². The lowest BCUT2D eigenvalue weighted by molar-refractivity contribution is -0.133. The molecule has 4 nitrogen and oxygen atoms in total. The summed E-state index contributed by atoms with van der Waals surface area (Å²) >= 11 is 1.28. The van der Waals surface area contributed by atoms with Crippen molar-refractivity contribution in [1.29, 1.82) is 0 Å². The third kappa shape index (κ3) is 2.92. The van der Waals surface area contributed by atoms with E-state index in [2.05, 4.69) is 5.10 Å². The summed E-state index contributed by atoms with van der Waals surface area (Å²) in [4.78, 5) is 10.6. The van der Waals surface area contributed by atoms with Crippen molar-refractivity contribution in [3.63, 3.8) is 0 Å². The van der Waals surface area contributed by atoms with Gasteiger partial charge in [0.25, 0.3) is 0 Å². The average molecular weight is 262 g/mol. The van der Waals surface area contributed by atoms with Crippen LogP contribution in [0.25, 0.3) is 5.69 Å². The minimum Gasteiger partial charge on any atom is -0.481 e. The molecule has 0 radical (unpaired) electrons. The second-order valence-corrected chi connectivity index (χ2v) is 5.05. The first-order valence-corrected chi connectivity index (χ1v) is 6.53. The molecule has 2 rings (SSSR count). The van der Waals surface area contributed by atoms with E-state index >= 15 is 0 Å². The Labute approximate surface area is 110 Å². The van der Waals surface area contributed by atoms with Gasteiger partial charge < -0.3 is 5.11 Å². The van der Waals surface area contributed by atoms with E-state index in [4.69, 9.17) is 5.11 Å². The fourth-order valence-corrected chi connectivity index (χ4v) is 2.45. The monoisotopic (exact) mass is 262 g/mol. The average Bonchev–Trinajstić information content (AvgIpc) is 2.68. The summed E-state index contributed by atoms with van der Waals surface area (Å²) in [5.41, 5.74) is 2.98. The summed E-state index contributed by atoms with van der Waals surface area (Å²) in [5.74, 6) is -0.786. The molecule has 0 spiro atoms. The van der Waals surface area contributed by atoms with Gasteiger partial charge in [-0.25, -0.2) is 4.68 Å². The topological polar surface area (TPSA) is 55.1 Å². The van der Waals surface area contributed by atoms with Crippen LogP contribution >= 0.6 is 11.8 Å².